The lowest BCUT2D eigenvalue weighted by Crippen LogP contribution is -2.31. The summed E-state index contributed by atoms with van der Waals surface area (Å²) in [6, 6.07) is 5.01. The van der Waals surface area contributed by atoms with Gasteiger partial charge in [-0.25, -0.2) is 0 Å². The lowest BCUT2D eigenvalue weighted by Gasteiger charge is -2.26. The molecule has 1 heterocycles. The molecule has 0 atom stereocenters. The molecule has 0 saturated carbocycles. The van der Waals surface area contributed by atoms with E-state index in [2.05, 4.69) is 10.2 Å². The number of anilines is 2. The van der Waals surface area contributed by atoms with Crippen LogP contribution in [0.15, 0.2) is 18.2 Å². The van der Waals surface area contributed by atoms with Crippen molar-refractivity contribution >= 4 is 11.4 Å². The molecule has 100 valence electrons. The first-order chi connectivity index (χ1) is 8.75. The molecule has 18 heavy (non-hydrogen) atoms. The highest BCUT2D eigenvalue weighted by Gasteiger charge is 2.08. The van der Waals surface area contributed by atoms with Crippen LogP contribution in [0.2, 0.25) is 0 Å². The van der Waals surface area contributed by atoms with Gasteiger partial charge in [0.25, 0.3) is 0 Å². The Morgan fingerprint density at radius 2 is 2.00 bits per heavy atom. The van der Waals surface area contributed by atoms with Crippen LogP contribution < -0.4 is 11.1 Å². The molecule has 4 N–H and O–H groups in total. The molecule has 4 nitrogen and oxygen atoms in total. The maximum absolute atomic E-state index is 9.39. The predicted octanol–water partition coefficient (Wildman–Crippen LogP) is 2.26. The van der Waals surface area contributed by atoms with Gasteiger partial charge in [-0.1, -0.05) is 6.42 Å². The van der Waals surface area contributed by atoms with Gasteiger partial charge in [0, 0.05) is 12.6 Å². The minimum Gasteiger partial charge on any atom is -0.508 e. The van der Waals surface area contributed by atoms with E-state index < -0.39 is 0 Å². The Hall–Kier alpha value is -1.42. The zero-order valence-corrected chi connectivity index (χ0v) is 10.9. The van der Waals surface area contributed by atoms with Crippen molar-refractivity contribution in [3.63, 3.8) is 0 Å². The van der Waals surface area contributed by atoms with Crippen LogP contribution in [0.1, 0.15) is 25.7 Å². The van der Waals surface area contributed by atoms with Gasteiger partial charge in [-0.05, 0) is 51.0 Å². The quantitative estimate of drug-likeness (QED) is 0.425. The van der Waals surface area contributed by atoms with Gasteiger partial charge in [0.15, 0.2) is 0 Å². The van der Waals surface area contributed by atoms with Gasteiger partial charge in [0.1, 0.15) is 5.75 Å². The molecule has 0 radical (unpaired) electrons. The third kappa shape index (κ3) is 3.81. The van der Waals surface area contributed by atoms with Gasteiger partial charge in [-0.15, -0.1) is 0 Å². The zero-order chi connectivity index (χ0) is 12.8. The number of nitrogens with one attached hydrogen (secondary N) is 1. The lowest BCUT2D eigenvalue weighted by molar-refractivity contribution is 0.228. The van der Waals surface area contributed by atoms with Crippen LogP contribution in [-0.2, 0) is 0 Å². The van der Waals surface area contributed by atoms with Crippen LogP contribution in [0, 0.1) is 0 Å². The third-order valence-electron chi connectivity index (χ3n) is 3.45. The van der Waals surface area contributed by atoms with E-state index in [0.717, 1.165) is 25.2 Å². The zero-order valence-electron chi connectivity index (χ0n) is 10.9. The molecule has 0 bridgehead atoms. The minimum atomic E-state index is 0.253. The van der Waals surface area contributed by atoms with Gasteiger partial charge in [0.2, 0.25) is 0 Å². The number of benzene rings is 1. The summed E-state index contributed by atoms with van der Waals surface area (Å²) in [5.41, 5.74) is 7.34. The van der Waals surface area contributed by atoms with E-state index in [0.29, 0.717) is 5.69 Å². The molecule has 0 amide bonds. The number of hydrogen-bond donors (Lipinski definition) is 3. The molecule has 4 heteroatoms. The van der Waals surface area contributed by atoms with Crippen LogP contribution in [0.5, 0.6) is 5.75 Å². The van der Waals surface area contributed by atoms with Crippen LogP contribution in [0.25, 0.3) is 0 Å². The van der Waals surface area contributed by atoms with E-state index in [1.807, 2.05) is 0 Å². The Bertz CT molecular complexity index is 375. The number of aromatic hydroxyl groups is 1. The van der Waals surface area contributed by atoms with Crippen LogP contribution in [-0.4, -0.2) is 36.2 Å². The standard InChI is InChI=1S/C14H23N3O/c15-13-6-5-12(18)11-14(13)16-7-4-10-17-8-2-1-3-9-17/h5-6,11,16,18H,1-4,7-10,15H2. The van der Waals surface area contributed by atoms with Crippen molar-refractivity contribution < 1.29 is 5.11 Å². The lowest BCUT2D eigenvalue weighted by atomic mass is 10.1. The number of rotatable bonds is 5. The fourth-order valence-corrected chi connectivity index (χ4v) is 2.41. The maximum atomic E-state index is 9.39. The fourth-order valence-electron chi connectivity index (χ4n) is 2.41. The molecule has 0 unspecified atom stereocenters. The number of phenols is 1. The molecular formula is C14H23N3O. The molecule has 1 aliphatic rings. The number of nitrogen functional groups attached to an aromatic ring is 1. The molecule has 1 aromatic rings. The van der Waals surface area contributed by atoms with Crippen molar-refractivity contribution in [2.24, 2.45) is 0 Å². The Kier molecular flexibility index (Phi) is 4.70. The van der Waals surface area contributed by atoms with Crippen LogP contribution in [0.4, 0.5) is 11.4 Å². The van der Waals surface area contributed by atoms with Crippen molar-refractivity contribution in [1.82, 2.24) is 4.90 Å². The summed E-state index contributed by atoms with van der Waals surface area (Å²) in [6.45, 7) is 4.53. The molecule has 1 aromatic carbocycles. The Balaban J connectivity index is 1.69. The van der Waals surface area contributed by atoms with E-state index in [4.69, 9.17) is 5.73 Å². The number of nitrogens with zero attached hydrogens (tertiary/aromatic N) is 1. The molecule has 2 rings (SSSR count). The van der Waals surface area contributed by atoms with Crippen molar-refractivity contribution in [2.45, 2.75) is 25.7 Å². The molecular weight excluding hydrogens is 226 g/mol. The van der Waals surface area contributed by atoms with Crippen molar-refractivity contribution in [2.75, 3.05) is 37.2 Å². The van der Waals surface area contributed by atoms with E-state index in [-0.39, 0.29) is 5.75 Å². The molecule has 1 aliphatic heterocycles. The first kappa shape index (κ1) is 13.0. The van der Waals surface area contributed by atoms with Gasteiger partial charge in [-0.2, -0.15) is 0 Å². The summed E-state index contributed by atoms with van der Waals surface area (Å²) >= 11 is 0. The van der Waals surface area contributed by atoms with Crippen molar-refractivity contribution in [3.8, 4) is 5.75 Å². The highest BCUT2D eigenvalue weighted by molar-refractivity contribution is 5.67. The first-order valence-electron chi connectivity index (χ1n) is 6.80. The van der Waals surface area contributed by atoms with E-state index in [9.17, 15) is 5.11 Å². The summed E-state index contributed by atoms with van der Waals surface area (Å²) in [6.07, 6.45) is 5.17. The van der Waals surface area contributed by atoms with Crippen LogP contribution >= 0.6 is 0 Å². The maximum Gasteiger partial charge on any atom is 0.117 e. The second-order valence-electron chi connectivity index (χ2n) is 4.95. The number of hydrogen-bond acceptors (Lipinski definition) is 4. The predicted molar refractivity (Wildman–Crippen MR) is 75.9 cm³/mol. The topological polar surface area (TPSA) is 61.5 Å². The first-order valence-corrected chi connectivity index (χ1v) is 6.80. The van der Waals surface area contributed by atoms with Crippen LogP contribution in [0.3, 0.4) is 0 Å². The fraction of sp³-hybridized carbons (Fsp3) is 0.571. The molecule has 0 spiro atoms. The van der Waals surface area contributed by atoms with E-state index in [1.165, 1.54) is 32.4 Å². The minimum absolute atomic E-state index is 0.253. The van der Waals surface area contributed by atoms with E-state index in [1.54, 1.807) is 18.2 Å². The summed E-state index contributed by atoms with van der Waals surface area (Å²) in [7, 11) is 0. The van der Waals surface area contributed by atoms with E-state index >= 15 is 0 Å². The summed E-state index contributed by atoms with van der Waals surface area (Å²) in [4.78, 5) is 2.52. The monoisotopic (exact) mass is 249 g/mol. The summed E-state index contributed by atoms with van der Waals surface area (Å²) in [5.74, 6) is 0.253. The molecule has 1 fully saturated rings. The molecule has 1 saturated heterocycles. The average Bonchev–Trinajstić information content (AvgIpc) is 2.40. The smallest absolute Gasteiger partial charge is 0.117 e. The highest BCUT2D eigenvalue weighted by Crippen LogP contribution is 2.23. The summed E-state index contributed by atoms with van der Waals surface area (Å²) in [5, 5.41) is 12.7. The van der Waals surface area contributed by atoms with Gasteiger partial charge in [0.05, 0.1) is 11.4 Å². The Morgan fingerprint density at radius 3 is 2.78 bits per heavy atom. The largest absolute Gasteiger partial charge is 0.508 e. The van der Waals surface area contributed by atoms with Crippen molar-refractivity contribution in [3.05, 3.63) is 18.2 Å². The van der Waals surface area contributed by atoms with Gasteiger partial charge < -0.3 is 21.1 Å². The molecule has 0 aliphatic carbocycles. The number of phenolic OH excluding ortho intramolecular Hbond substituents is 1. The Labute approximate surface area is 109 Å². The molecule has 0 aromatic heterocycles. The number of likely N-dealkylation sites (tertiary alicyclic amines) is 1. The number of piperidine rings is 1. The van der Waals surface area contributed by atoms with Crippen molar-refractivity contribution in [1.29, 1.82) is 0 Å². The average molecular weight is 249 g/mol. The second-order valence-corrected chi connectivity index (χ2v) is 4.95. The SMILES string of the molecule is Nc1ccc(O)cc1NCCCN1CCCCC1. The normalized spacial score (nSPS) is 16.7. The second kappa shape index (κ2) is 6.50. The Morgan fingerprint density at radius 1 is 1.22 bits per heavy atom. The number of nitrogens with two attached hydrogens (primary N) is 1. The third-order valence-corrected chi connectivity index (χ3v) is 3.45. The highest BCUT2D eigenvalue weighted by atomic mass is 16.3. The van der Waals surface area contributed by atoms with Gasteiger partial charge in [-0.3, -0.25) is 0 Å². The summed E-state index contributed by atoms with van der Waals surface area (Å²) < 4.78 is 0. The van der Waals surface area contributed by atoms with Gasteiger partial charge >= 0.3 is 0 Å².